The molecule has 1 aromatic rings. The topological polar surface area (TPSA) is 24.8 Å². The molecule has 0 spiro atoms. The Morgan fingerprint density at radius 3 is 2.58 bits per heavy atom. The van der Waals surface area contributed by atoms with Gasteiger partial charge in [0.15, 0.2) is 0 Å². The second-order valence-electron chi connectivity index (χ2n) is 5.41. The van der Waals surface area contributed by atoms with E-state index < -0.39 is 0 Å². The summed E-state index contributed by atoms with van der Waals surface area (Å²) in [6.07, 6.45) is 3.68. The molecule has 0 aromatic heterocycles. The first-order valence-corrected chi connectivity index (χ1v) is 7.75. The second kappa shape index (κ2) is 6.06. The first kappa shape index (κ1) is 13.1. The minimum atomic E-state index is 0.299. The molecule has 0 saturated carbocycles. The second-order valence-corrected chi connectivity index (χ2v) is 6.33. The molecule has 4 heteroatoms. The fraction of sp³-hybridized carbons (Fsp3) is 0.533. The summed E-state index contributed by atoms with van der Waals surface area (Å²) in [7, 11) is 0. The zero-order valence-corrected chi connectivity index (χ0v) is 12.6. The zero-order valence-electron chi connectivity index (χ0n) is 11.0. The lowest BCUT2D eigenvalue weighted by Gasteiger charge is -2.33. The van der Waals surface area contributed by atoms with Gasteiger partial charge in [-0.15, -0.1) is 0 Å². The van der Waals surface area contributed by atoms with Crippen molar-refractivity contribution < 1.29 is 4.84 Å². The lowest BCUT2D eigenvalue weighted by atomic mass is 9.90. The maximum atomic E-state index is 5.48. The van der Waals surface area contributed by atoms with Gasteiger partial charge in [0.1, 0.15) is 10.7 Å². The van der Waals surface area contributed by atoms with Gasteiger partial charge >= 0.3 is 0 Å². The number of likely N-dealkylation sites (tertiary alicyclic amines) is 1. The van der Waals surface area contributed by atoms with E-state index in [0.717, 1.165) is 30.7 Å². The predicted octanol–water partition coefficient (Wildman–Crippen LogP) is 3.40. The number of nitrogens with zero attached hydrogens (tertiary/aromatic N) is 2. The highest BCUT2D eigenvalue weighted by Gasteiger charge is 2.31. The van der Waals surface area contributed by atoms with Gasteiger partial charge in [0.25, 0.3) is 0 Å². The van der Waals surface area contributed by atoms with Crippen LogP contribution in [0, 0.1) is 5.92 Å². The summed E-state index contributed by atoms with van der Waals surface area (Å²) in [5.74, 6) is 0.658. The molecule has 2 aliphatic rings. The Balaban J connectivity index is 1.47. The average molecular weight is 323 g/mol. The summed E-state index contributed by atoms with van der Waals surface area (Å²) in [5, 5.41) is 4.00. The molecule has 2 heterocycles. The van der Waals surface area contributed by atoms with E-state index in [-0.39, 0.29) is 0 Å². The molecule has 0 radical (unpaired) electrons. The molecule has 1 atom stereocenters. The molecular weight excluding hydrogens is 304 g/mol. The van der Waals surface area contributed by atoms with Gasteiger partial charge < -0.3 is 4.84 Å². The summed E-state index contributed by atoms with van der Waals surface area (Å²) < 4.78 is 0.962. The molecule has 0 unspecified atom stereocenters. The monoisotopic (exact) mass is 322 g/mol. The normalized spacial score (nSPS) is 25.1. The standard InChI is InChI=1S/C15H19BrN2O/c16-15-10-14(19-17-15)13-6-8-18(9-7-13)11-12-4-2-1-3-5-12/h1-5,13-14H,6-11H2/t14-/m0/s1. The summed E-state index contributed by atoms with van der Waals surface area (Å²) >= 11 is 3.42. The fourth-order valence-corrected chi connectivity index (χ4v) is 3.35. The summed E-state index contributed by atoms with van der Waals surface area (Å²) in [6.45, 7) is 3.40. The van der Waals surface area contributed by atoms with Crippen LogP contribution < -0.4 is 0 Å². The van der Waals surface area contributed by atoms with Crippen molar-refractivity contribution in [3.63, 3.8) is 0 Å². The first-order chi connectivity index (χ1) is 9.31. The minimum Gasteiger partial charge on any atom is -0.391 e. The van der Waals surface area contributed by atoms with E-state index in [1.165, 1.54) is 18.4 Å². The summed E-state index contributed by atoms with van der Waals surface area (Å²) in [5.41, 5.74) is 1.41. The van der Waals surface area contributed by atoms with E-state index in [0.29, 0.717) is 12.0 Å². The fourth-order valence-electron chi connectivity index (χ4n) is 2.94. The molecule has 1 aromatic carbocycles. The van der Waals surface area contributed by atoms with Gasteiger partial charge in [-0.05, 0) is 47.4 Å². The van der Waals surface area contributed by atoms with E-state index in [2.05, 4.69) is 56.3 Å². The highest BCUT2D eigenvalue weighted by Crippen LogP contribution is 2.29. The molecule has 19 heavy (non-hydrogen) atoms. The van der Waals surface area contributed by atoms with Gasteiger partial charge in [-0.1, -0.05) is 35.5 Å². The Hall–Kier alpha value is -0.870. The van der Waals surface area contributed by atoms with Gasteiger partial charge in [0.05, 0.1) is 0 Å². The Bertz CT molecular complexity index is 441. The van der Waals surface area contributed by atoms with Crippen LogP contribution in [-0.2, 0) is 11.4 Å². The van der Waals surface area contributed by atoms with Crippen molar-refractivity contribution in [2.24, 2.45) is 11.1 Å². The van der Waals surface area contributed by atoms with Gasteiger partial charge in [0.2, 0.25) is 0 Å². The Morgan fingerprint density at radius 2 is 1.95 bits per heavy atom. The van der Waals surface area contributed by atoms with Crippen molar-refractivity contribution in [1.82, 2.24) is 4.90 Å². The SMILES string of the molecule is BrC1=NO[C@H](C2CCN(Cc3ccccc3)CC2)C1. The molecule has 3 rings (SSSR count). The first-order valence-electron chi connectivity index (χ1n) is 6.96. The van der Waals surface area contributed by atoms with Gasteiger partial charge in [-0.3, -0.25) is 4.90 Å². The largest absolute Gasteiger partial charge is 0.391 e. The Labute approximate surface area is 122 Å². The van der Waals surface area contributed by atoms with Crippen LogP contribution >= 0.6 is 15.9 Å². The number of halogens is 1. The number of hydrogen-bond donors (Lipinski definition) is 0. The summed E-state index contributed by atoms with van der Waals surface area (Å²) in [4.78, 5) is 8.02. The van der Waals surface area contributed by atoms with E-state index in [1.54, 1.807) is 0 Å². The number of oxime groups is 1. The quantitative estimate of drug-likeness (QED) is 0.852. The third kappa shape index (κ3) is 3.37. The predicted molar refractivity (Wildman–Crippen MR) is 80.3 cm³/mol. The zero-order chi connectivity index (χ0) is 13.1. The Kier molecular flexibility index (Phi) is 4.18. The Morgan fingerprint density at radius 1 is 1.21 bits per heavy atom. The highest BCUT2D eigenvalue weighted by atomic mass is 79.9. The smallest absolute Gasteiger partial charge is 0.136 e. The van der Waals surface area contributed by atoms with Crippen molar-refractivity contribution in [3.05, 3.63) is 35.9 Å². The van der Waals surface area contributed by atoms with Crippen molar-refractivity contribution in [1.29, 1.82) is 0 Å². The maximum absolute atomic E-state index is 5.48. The van der Waals surface area contributed by atoms with Crippen molar-refractivity contribution in [2.45, 2.75) is 31.9 Å². The van der Waals surface area contributed by atoms with Crippen LogP contribution in [-0.4, -0.2) is 28.7 Å². The number of rotatable bonds is 3. The van der Waals surface area contributed by atoms with Gasteiger partial charge in [-0.2, -0.15) is 0 Å². The minimum absolute atomic E-state index is 0.299. The van der Waals surface area contributed by atoms with Crippen molar-refractivity contribution >= 4 is 20.6 Å². The lowest BCUT2D eigenvalue weighted by Crippen LogP contribution is -2.37. The molecule has 102 valence electrons. The molecule has 0 N–H and O–H groups in total. The van der Waals surface area contributed by atoms with Crippen LogP contribution in [0.1, 0.15) is 24.8 Å². The van der Waals surface area contributed by atoms with Crippen LogP contribution in [0.5, 0.6) is 0 Å². The van der Waals surface area contributed by atoms with Crippen molar-refractivity contribution in [3.8, 4) is 0 Å². The van der Waals surface area contributed by atoms with Crippen LogP contribution in [0.4, 0.5) is 0 Å². The molecule has 0 bridgehead atoms. The highest BCUT2D eigenvalue weighted by molar-refractivity contribution is 9.18. The van der Waals surface area contributed by atoms with Crippen LogP contribution in [0.2, 0.25) is 0 Å². The third-order valence-corrected chi connectivity index (χ3v) is 4.53. The number of benzene rings is 1. The molecule has 1 saturated heterocycles. The molecule has 1 fully saturated rings. The van der Waals surface area contributed by atoms with Gasteiger partial charge in [-0.25, -0.2) is 0 Å². The van der Waals surface area contributed by atoms with Gasteiger partial charge in [0, 0.05) is 18.9 Å². The maximum Gasteiger partial charge on any atom is 0.136 e. The van der Waals surface area contributed by atoms with Crippen LogP contribution in [0.25, 0.3) is 0 Å². The van der Waals surface area contributed by atoms with E-state index >= 15 is 0 Å². The molecule has 3 nitrogen and oxygen atoms in total. The number of hydrogen-bond acceptors (Lipinski definition) is 3. The number of piperidine rings is 1. The van der Waals surface area contributed by atoms with E-state index in [1.807, 2.05) is 0 Å². The van der Waals surface area contributed by atoms with E-state index in [4.69, 9.17) is 4.84 Å². The van der Waals surface area contributed by atoms with Crippen molar-refractivity contribution in [2.75, 3.05) is 13.1 Å². The summed E-state index contributed by atoms with van der Waals surface area (Å²) in [6, 6.07) is 10.7. The van der Waals surface area contributed by atoms with Crippen LogP contribution in [0.3, 0.4) is 0 Å². The molecule has 0 aliphatic carbocycles. The average Bonchev–Trinajstić information content (AvgIpc) is 2.87. The lowest BCUT2D eigenvalue weighted by molar-refractivity contribution is 0.0127. The molecular formula is C15H19BrN2O. The van der Waals surface area contributed by atoms with E-state index in [9.17, 15) is 0 Å². The van der Waals surface area contributed by atoms with Crippen LogP contribution in [0.15, 0.2) is 35.5 Å². The molecule has 2 aliphatic heterocycles. The molecule has 0 amide bonds. The third-order valence-electron chi connectivity index (χ3n) is 4.06.